The van der Waals surface area contributed by atoms with Crippen molar-refractivity contribution in [3.05, 3.63) is 77.7 Å². The number of amides is 1. The number of hydrogen-bond donors (Lipinski definition) is 2. The lowest BCUT2D eigenvalue weighted by molar-refractivity contribution is -0.146. The highest BCUT2D eigenvalue weighted by atomic mass is 19.4. The molecular formula is C30H27F3N4O5. The molecule has 0 spiro atoms. The predicted octanol–water partition coefficient (Wildman–Crippen LogP) is 5.40. The van der Waals surface area contributed by atoms with Crippen LogP contribution >= 0.6 is 0 Å². The van der Waals surface area contributed by atoms with Gasteiger partial charge in [0.15, 0.2) is 5.69 Å². The lowest BCUT2D eigenvalue weighted by Crippen LogP contribution is -2.58. The van der Waals surface area contributed by atoms with Crippen LogP contribution in [0.4, 0.5) is 13.2 Å². The van der Waals surface area contributed by atoms with Crippen LogP contribution in [-0.2, 0) is 17.6 Å². The summed E-state index contributed by atoms with van der Waals surface area (Å²) in [5.74, 6) is -1.61. The van der Waals surface area contributed by atoms with Crippen LogP contribution in [0, 0.1) is 11.8 Å². The van der Waals surface area contributed by atoms with Crippen LogP contribution in [0.25, 0.3) is 16.9 Å². The molecule has 3 unspecified atom stereocenters. The zero-order valence-corrected chi connectivity index (χ0v) is 22.5. The van der Waals surface area contributed by atoms with Crippen LogP contribution in [0.3, 0.4) is 0 Å². The number of hydrogen-bond acceptors (Lipinski definition) is 6. The molecule has 2 aromatic heterocycles. The van der Waals surface area contributed by atoms with Crippen molar-refractivity contribution in [3.8, 4) is 17.4 Å². The Morgan fingerprint density at radius 1 is 1.14 bits per heavy atom. The minimum atomic E-state index is -4.99. The fraction of sp³-hybridized carbons (Fsp3) is 0.333. The quantitative estimate of drug-likeness (QED) is 0.287. The average Bonchev–Trinajstić information content (AvgIpc) is 3.70. The van der Waals surface area contributed by atoms with Crippen molar-refractivity contribution in [2.75, 3.05) is 7.11 Å². The molecule has 2 aliphatic rings. The largest absolute Gasteiger partial charge is 0.497 e. The molecule has 9 nitrogen and oxygen atoms in total. The summed E-state index contributed by atoms with van der Waals surface area (Å²) in [7, 11) is 1.58. The lowest BCUT2D eigenvalue weighted by atomic mass is 9.80. The smallest absolute Gasteiger partial charge is 0.434 e. The van der Waals surface area contributed by atoms with E-state index in [0.717, 1.165) is 18.2 Å². The number of carbonyl (C=O) groups is 2. The van der Waals surface area contributed by atoms with E-state index in [1.54, 1.807) is 31.4 Å². The number of aliphatic carboxylic acids is 1. The molecule has 2 fully saturated rings. The summed E-state index contributed by atoms with van der Waals surface area (Å²) in [6, 6.07) is 14.2. The zero-order valence-electron chi connectivity index (χ0n) is 22.5. The van der Waals surface area contributed by atoms with Gasteiger partial charge in [0.05, 0.1) is 18.2 Å². The molecule has 2 saturated carbocycles. The number of nitrogens with zero attached hydrogens (tertiary/aromatic N) is 3. The number of halogens is 3. The van der Waals surface area contributed by atoms with Crippen LogP contribution in [0.1, 0.15) is 47.3 Å². The van der Waals surface area contributed by atoms with Gasteiger partial charge < -0.3 is 19.9 Å². The topological polar surface area (TPSA) is 116 Å². The molecule has 12 heteroatoms. The Hall–Kier alpha value is -4.61. The molecule has 42 heavy (non-hydrogen) atoms. The van der Waals surface area contributed by atoms with Gasteiger partial charge in [-0.3, -0.25) is 9.36 Å². The van der Waals surface area contributed by atoms with E-state index in [1.807, 2.05) is 24.3 Å². The highest BCUT2D eigenvalue weighted by molar-refractivity contribution is 5.99. The van der Waals surface area contributed by atoms with Gasteiger partial charge in [-0.1, -0.05) is 12.1 Å². The molecule has 1 amide bonds. The zero-order chi connectivity index (χ0) is 29.6. The number of methoxy groups -OCH3 is 1. The van der Waals surface area contributed by atoms with Crippen molar-refractivity contribution in [3.63, 3.8) is 0 Å². The first kappa shape index (κ1) is 27.6. The maximum atomic E-state index is 14.2. The third kappa shape index (κ3) is 4.90. The fourth-order valence-corrected chi connectivity index (χ4v) is 6.25. The number of ether oxygens (including phenoxy) is 2. The summed E-state index contributed by atoms with van der Waals surface area (Å²) in [4.78, 5) is 33.1. The van der Waals surface area contributed by atoms with E-state index < -0.39 is 34.8 Å². The Balaban J connectivity index is 1.26. The van der Waals surface area contributed by atoms with Crippen molar-refractivity contribution < 1.29 is 37.3 Å². The lowest BCUT2D eigenvalue weighted by Gasteiger charge is -2.34. The number of carboxylic acid groups (broad SMARTS) is 1. The minimum Gasteiger partial charge on any atom is -0.497 e. The molecule has 2 aromatic carbocycles. The minimum absolute atomic E-state index is 0.127. The molecule has 2 heterocycles. The number of aromatic nitrogens is 3. The second-order valence-corrected chi connectivity index (χ2v) is 10.8. The van der Waals surface area contributed by atoms with E-state index in [2.05, 4.69) is 15.3 Å². The van der Waals surface area contributed by atoms with E-state index in [1.165, 1.54) is 10.8 Å². The van der Waals surface area contributed by atoms with Gasteiger partial charge in [0.25, 0.3) is 5.91 Å². The molecule has 6 rings (SSSR count). The Morgan fingerprint density at radius 3 is 2.67 bits per heavy atom. The van der Waals surface area contributed by atoms with Crippen molar-refractivity contribution in [2.24, 2.45) is 11.8 Å². The summed E-state index contributed by atoms with van der Waals surface area (Å²) < 4.78 is 55.0. The molecule has 4 aromatic rings. The number of benzene rings is 2. The summed E-state index contributed by atoms with van der Waals surface area (Å²) in [6.07, 6.45) is -0.377. The Labute approximate surface area is 238 Å². The summed E-state index contributed by atoms with van der Waals surface area (Å²) in [6.45, 7) is 0.287. The third-order valence-electron chi connectivity index (χ3n) is 8.27. The van der Waals surface area contributed by atoms with Gasteiger partial charge in [-0.15, -0.1) is 0 Å². The molecule has 0 aliphatic heterocycles. The molecule has 0 saturated heterocycles. The molecule has 2 bridgehead atoms. The highest BCUT2D eigenvalue weighted by Crippen LogP contribution is 2.51. The van der Waals surface area contributed by atoms with Crippen LogP contribution in [0.2, 0.25) is 0 Å². The monoisotopic (exact) mass is 580 g/mol. The van der Waals surface area contributed by atoms with Crippen molar-refractivity contribution in [2.45, 2.75) is 44.0 Å². The summed E-state index contributed by atoms with van der Waals surface area (Å²) in [5, 5.41) is 13.0. The van der Waals surface area contributed by atoms with Gasteiger partial charge in [-0.2, -0.15) is 13.2 Å². The third-order valence-corrected chi connectivity index (χ3v) is 8.27. The number of carbonyl (C=O) groups excluding carboxylic acids is 1. The first-order valence-corrected chi connectivity index (χ1v) is 13.4. The molecule has 0 radical (unpaired) electrons. The standard InChI is InChI=1S/C30H27F3N4O5/c1-41-21-4-2-3-18(12-21)16-42-22-7-8-24-19(13-22)9-10-37(24)28-34-15-23(25(35-28)30(31,32)33)26(38)36-29(27(39)40)14-17-5-6-20(29)11-17/h2-4,7-10,12-13,15,17,20H,5-6,11,14,16H2,1H3,(H,36,38)(H,39,40). The van der Waals surface area contributed by atoms with Gasteiger partial charge in [-0.05, 0) is 79.5 Å². The molecule has 2 N–H and O–H groups in total. The number of alkyl halides is 3. The second-order valence-electron chi connectivity index (χ2n) is 10.8. The highest BCUT2D eigenvalue weighted by Gasteiger charge is 2.57. The van der Waals surface area contributed by atoms with Crippen molar-refractivity contribution in [1.82, 2.24) is 19.9 Å². The molecule has 2 aliphatic carbocycles. The molecule has 3 atom stereocenters. The maximum absolute atomic E-state index is 14.2. The van der Waals surface area contributed by atoms with Gasteiger partial charge >= 0.3 is 12.1 Å². The van der Waals surface area contributed by atoms with Gasteiger partial charge in [0, 0.05) is 17.8 Å². The maximum Gasteiger partial charge on any atom is 0.434 e. The van der Waals surface area contributed by atoms with Crippen LogP contribution in [-0.4, -0.2) is 44.2 Å². The SMILES string of the molecule is COc1cccc(COc2ccc3c(ccn3-c3ncc(C(=O)NC4(C(=O)O)CC5CCC4C5)c(C(F)(F)F)n3)c2)c1. The van der Waals surface area contributed by atoms with E-state index in [4.69, 9.17) is 9.47 Å². The first-order valence-electron chi connectivity index (χ1n) is 13.4. The Bertz CT molecular complexity index is 1690. The number of rotatable bonds is 8. The first-order chi connectivity index (χ1) is 20.1. The van der Waals surface area contributed by atoms with E-state index in [-0.39, 0.29) is 30.8 Å². The van der Waals surface area contributed by atoms with E-state index >= 15 is 0 Å². The van der Waals surface area contributed by atoms with E-state index in [0.29, 0.717) is 35.2 Å². The summed E-state index contributed by atoms with van der Waals surface area (Å²) in [5.41, 5.74) is -2.42. The van der Waals surface area contributed by atoms with Crippen LogP contribution in [0.5, 0.6) is 11.5 Å². The molecular weight excluding hydrogens is 553 g/mol. The second kappa shape index (κ2) is 10.3. The Kier molecular flexibility index (Phi) is 6.78. The van der Waals surface area contributed by atoms with Crippen molar-refractivity contribution >= 4 is 22.8 Å². The molecule has 218 valence electrons. The number of nitrogens with one attached hydrogen (secondary N) is 1. The van der Waals surface area contributed by atoms with Crippen LogP contribution in [0.15, 0.2) is 60.9 Å². The van der Waals surface area contributed by atoms with Crippen LogP contribution < -0.4 is 14.8 Å². The number of fused-ring (bicyclic) bond motifs is 3. The van der Waals surface area contributed by atoms with Gasteiger partial charge in [0.1, 0.15) is 23.6 Å². The normalized spacial score (nSPS) is 21.4. The number of carboxylic acids is 1. The Morgan fingerprint density at radius 2 is 1.98 bits per heavy atom. The average molecular weight is 581 g/mol. The summed E-state index contributed by atoms with van der Waals surface area (Å²) >= 11 is 0. The van der Waals surface area contributed by atoms with Gasteiger partial charge in [-0.25, -0.2) is 14.8 Å². The van der Waals surface area contributed by atoms with Crippen molar-refractivity contribution in [1.29, 1.82) is 0 Å². The van der Waals surface area contributed by atoms with E-state index in [9.17, 15) is 27.9 Å². The predicted molar refractivity (Wildman–Crippen MR) is 144 cm³/mol. The fourth-order valence-electron chi connectivity index (χ4n) is 6.25. The van der Waals surface area contributed by atoms with Gasteiger partial charge in [0.2, 0.25) is 5.95 Å².